The first-order valence-corrected chi connectivity index (χ1v) is 7.16. The number of hydrogen-bond donors (Lipinski definition) is 1. The van der Waals surface area contributed by atoms with Gasteiger partial charge in [-0.1, -0.05) is 6.07 Å². The summed E-state index contributed by atoms with van der Waals surface area (Å²) in [6, 6.07) is 3.55. The van der Waals surface area contributed by atoms with Crippen molar-refractivity contribution >= 4 is 17.9 Å². The van der Waals surface area contributed by atoms with Crippen LogP contribution in [0.3, 0.4) is 0 Å². The zero-order valence-corrected chi connectivity index (χ0v) is 12.1. The first-order valence-electron chi connectivity index (χ1n) is 7.16. The molecule has 1 aromatic carbocycles. The van der Waals surface area contributed by atoms with E-state index >= 15 is 0 Å². The summed E-state index contributed by atoms with van der Waals surface area (Å²) in [6.45, 7) is 1.03. The number of nitrogens with two attached hydrogens (primary N) is 1. The van der Waals surface area contributed by atoms with E-state index in [2.05, 4.69) is 0 Å². The summed E-state index contributed by atoms with van der Waals surface area (Å²) in [5, 5.41) is 0. The Morgan fingerprint density at radius 3 is 2.36 bits per heavy atom. The minimum absolute atomic E-state index is 0.203. The zero-order valence-electron chi connectivity index (χ0n) is 12.1. The van der Waals surface area contributed by atoms with Crippen LogP contribution in [-0.2, 0) is 9.59 Å². The fourth-order valence-electron chi connectivity index (χ4n) is 2.57. The van der Waals surface area contributed by atoms with Gasteiger partial charge in [0, 0.05) is 31.1 Å². The fourth-order valence-corrected chi connectivity index (χ4v) is 2.57. The predicted molar refractivity (Wildman–Crippen MR) is 78.5 cm³/mol. The smallest absolute Gasteiger partial charge is 0.246 e. The molecule has 0 aromatic heterocycles. The molecule has 0 saturated carbocycles. The van der Waals surface area contributed by atoms with Gasteiger partial charge in [0.1, 0.15) is 11.6 Å². The number of hydrogen-bond acceptors (Lipinski definition) is 2. The Balaban J connectivity index is 1.93. The second-order valence-electron chi connectivity index (χ2n) is 5.41. The van der Waals surface area contributed by atoms with Crippen LogP contribution in [0.25, 0.3) is 6.08 Å². The van der Waals surface area contributed by atoms with Gasteiger partial charge in [0.05, 0.1) is 0 Å². The number of piperidine rings is 1. The molecule has 2 N–H and O–H groups in total. The van der Waals surface area contributed by atoms with Gasteiger partial charge in [-0.15, -0.1) is 0 Å². The maximum absolute atomic E-state index is 13.5. The molecule has 0 unspecified atom stereocenters. The first kappa shape index (κ1) is 16.1. The molecule has 1 fully saturated rings. The molecule has 0 atom stereocenters. The fraction of sp³-hybridized carbons (Fsp3) is 0.375. The SMILES string of the molecule is NC(=O)CC1CCN(C(=O)/C=C/c2c(F)cccc2F)CC1. The molecule has 1 saturated heterocycles. The second kappa shape index (κ2) is 7.15. The number of rotatable bonds is 4. The van der Waals surface area contributed by atoms with Crippen molar-refractivity contribution in [2.75, 3.05) is 13.1 Å². The summed E-state index contributed by atoms with van der Waals surface area (Å²) in [5.74, 6) is -1.83. The third kappa shape index (κ3) is 4.13. The summed E-state index contributed by atoms with van der Waals surface area (Å²) in [5.41, 5.74) is 4.93. The quantitative estimate of drug-likeness (QED) is 0.866. The topological polar surface area (TPSA) is 63.4 Å². The Labute approximate surface area is 127 Å². The molecule has 4 nitrogen and oxygen atoms in total. The van der Waals surface area contributed by atoms with Gasteiger partial charge in [0.15, 0.2) is 0 Å². The average Bonchev–Trinajstić information content (AvgIpc) is 2.46. The van der Waals surface area contributed by atoms with Crippen LogP contribution in [0.4, 0.5) is 8.78 Å². The van der Waals surface area contributed by atoms with Crippen LogP contribution in [0.5, 0.6) is 0 Å². The van der Waals surface area contributed by atoms with Crippen molar-refractivity contribution in [3.8, 4) is 0 Å². The van der Waals surface area contributed by atoms with E-state index < -0.39 is 11.6 Å². The standard InChI is InChI=1S/C16H18F2N2O2/c17-13-2-1-3-14(18)12(13)4-5-16(22)20-8-6-11(7-9-20)10-15(19)21/h1-5,11H,6-10H2,(H2,19,21)/b5-4+. The van der Waals surface area contributed by atoms with Crippen LogP contribution in [0, 0.1) is 17.6 Å². The van der Waals surface area contributed by atoms with Gasteiger partial charge in [-0.3, -0.25) is 9.59 Å². The Hall–Kier alpha value is -2.24. The third-order valence-corrected chi connectivity index (χ3v) is 3.81. The van der Waals surface area contributed by atoms with E-state index in [-0.39, 0.29) is 23.3 Å². The van der Waals surface area contributed by atoms with Crippen molar-refractivity contribution < 1.29 is 18.4 Å². The lowest BCUT2D eigenvalue weighted by Gasteiger charge is -2.30. The van der Waals surface area contributed by atoms with Crippen molar-refractivity contribution in [1.82, 2.24) is 4.90 Å². The average molecular weight is 308 g/mol. The highest BCUT2D eigenvalue weighted by atomic mass is 19.1. The Morgan fingerprint density at radius 2 is 1.82 bits per heavy atom. The van der Waals surface area contributed by atoms with Crippen molar-refractivity contribution in [3.63, 3.8) is 0 Å². The molecule has 1 heterocycles. The van der Waals surface area contributed by atoms with E-state index in [1.807, 2.05) is 0 Å². The molecule has 0 spiro atoms. The van der Waals surface area contributed by atoms with E-state index in [9.17, 15) is 18.4 Å². The number of carbonyl (C=O) groups excluding carboxylic acids is 2. The molecule has 6 heteroatoms. The van der Waals surface area contributed by atoms with Crippen molar-refractivity contribution in [3.05, 3.63) is 41.5 Å². The lowest BCUT2D eigenvalue weighted by molar-refractivity contribution is -0.127. The highest BCUT2D eigenvalue weighted by molar-refractivity contribution is 5.91. The normalized spacial score (nSPS) is 16.2. The van der Waals surface area contributed by atoms with Gasteiger partial charge in [-0.2, -0.15) is 0 Å². The second-order valence-corrected chi connectivity index (χ2v) is 5.41. The Morgan fingerprint density at radius 1 is 1.23 bits per heavy atom. The summed E-state index contributed by atoms with van der Waals surface area (Å²) >= 11 is 0. The zero-order chi connectivity index (χ0) is 16.1. The highest BCUT2D eigenvalue weighted by Crippen LogP contribution is 2.21. The van der Waals surface area contributed by atoms with Gasteiger partial charge >= 0.3 is 0 Å². The van der Waals surface area contributed by atoms with Crippen LogP contribution in [0.15, 0.2) is 24.3 Å². The molecule has 0 aliphatic carbocycles. The van der Waals surface area contributed by atoms with Crippen molar-refractivity contribution in [2.24, 2.45) is 11.7 Å². The molecule has 2 rings (SSSR count). The molecular formula is C16H18F2N2O2. The summed E-state index contributed by atoms with van der Waals surface area (Å²) in [7, 11) is 0. The summed E-state index contributed by atoms with van der Waals surface area (Å²) < 4.78 is 26.9. The third-order valence-electron chi connectivity index (χ3n) is 3.81. The van der Waals surface area contributed by atoms with Gasteiger partial charge in [0.25, 0.3) is 0 Å². The number of nitrogens with zero attached hydrogens (tertiary/aromatic N) is 1. The van der Waals surface area contributed by atoms with Crippen molar-refractivity contribution in [1.29, 1.82) is 0 Å². The van der Waals surface area contributed by atoms with E-state index in [1.165, 1.54) is 12.1 Å². The maximum atomic E-state index is 13.5. The van der Waals surface area contributed by atoms with Gasteiger partial charge in [0.2, 0.25) is 11.8 Å². The van der Waals surface area contributed by atoms with E-state index in [4.69, 9.17) is 5.73 Å². The van der Waals surface area contributed by atoms with E-state index in [0.29, 0.717) is 32.4 Å². The highest BCUT2D eigenvalue weighted by Gasteiger charge is 2.22. The molecule has 118 valence electrons. The largest absolute Gasteiger partial charge is 0.370 e. The molecular weight excluding hydrogens is 290 g/mol. The van der Waals surface area contributed by atoms with Crippen LogP contribution < -0.4 is 5.73 Å². The maximum Gasteiger partial charge on any atom is 0.246 e. The lowest BCUT2D eigenvalue weighted by Crippen LogP contribution is -2.38. The lowest BCUT2D eigenvalue weighted by atomic mass is 9.93. The number of amides is 2. The van der Waals surface area contributed by atoms with Crippen LogP contribution >= 0.6 is 0 Å². The minimum atomic E-state index is -0.704. The van der Waals surface area contributed by atoms with Crippen LogP contribution in [0.2, 0.25) is 0 Å². The van der Waals surface area contributed by atoms with Gasteiger partial charge in [-0.05, 0) is 37.0 Å². The summed E-state index contributed by atoms with van der Waals surface area (Å²) in [4.78, 5) is 24.5. The predicted octanol–water partition coefficient (Wildman–Crippen LogP) is 2.09. The molecule has 1 aromatic rings. The number of benzene rings is 1. The molecule has 1 aliphatic rings. The van der Waals surface area contributed by atoms with Gasteiger partial charge < -0.3 is 10.6 Å². The molecule has 22 heavy (non-hydrogen) atoms. The molecule has 0 bridgehead atoms. The Bertz CT molecular complexity index is 574. The molecule has 2 amide bonds. The number of carbonyl (C=O) groups is 2. The number of likely N-dealkylation sites (tertiary alicyclic amines) is 1. The number of halogens is 2. The monoisotopic (exact) mass is 308 g/mol. The minimum Gasteiger partial charge on any atom is -0.370 e. The van der Waals surface area contributed by atoms with Crippen LogP contribution in [-0.4, -0.2) is 29.8 Å². The Kier molecular flexibility index (Phi) is 5.25. The van der Waals surface area contributed by atoms with Gasteiger partial charge in [-0.25, -0.2) is 8.78 Å². The van der Waals surface area contributed by atoms with E-state index in [1.54, 1.807) is 4.90 Å². The first-order chi connectivity index (χ1) is 10.5. The van der Waals surface area contributed by atoms with Crippen molar-refractivity contribution in [2.45, 2.75) is 19.3 Å². The number of primary amides is 1. The van der Waals surface area contributed by atoms with Crippen LogP contribution in [0.1, 0.15) is 24.8 Å². The summed E-state index contributed by atoms with van der Waals surface area (Å²) in [6.07, 6.45) is 4.07. The molecule has 0 radical (unpaired) electrons. The van der Waals surface area contributed by atoms with E-state index in [0.717, 1.165) is 18.2 Å². The molecule has 1 aliphatic heterocycles.